The summed E-state index contributed by atoms with van der Waals surface area (Å²) in [5, 5.41) is 12.9. The van der Waals surface area contributed by atoms with Crippen LogP contribution in [0.15, 0.2) is 24.3 Å². The van der Waals surface area contributed by atoms with Gasteiger partial charge in [0.15, 0.2) is 0 Å². The lowest BCUT2D eigenvalue weighted by molar-refractivity contribution is -0.161. The number of aliphatic carboxylic acids is 1. The third-order valence-electron chi connectivity index (χ3n) is 5.67. The summed E-state index contributed by atoms with van der Waals surface area (Å²) in [5.41, 5.74) is -0.230. The van der Waals surface area contributed by atoms with Gasteiger partial charge in [0, 0.05) is 11.6 Å². The van der Waals surface area contributed by atoms with Crippen LogP contribution in [0.1, 0.15) is 71.9 Å². The van der Waals surface area contributed by atoms with E-state index in [0.717, 1.165) is 5.56 Å². The first-order valence-electron chi connectivity index (χ1n) is 10.5. The zero-order valence-electron chi connectivity index (χ0n) is 18.5. The fourth-order valence-electron chi connectivity index (χ4n) is 4.00. The van der Waals surface area contributed by atoms with Gasteiger partial charge in [0.2, 0.25) is 11.8 Å². The van der Waals surface area contributed by atoms with Crippen molar-refractivity contribution in [2.75, 3.05) is 6.54 Å². The Morgan fingerprint density at radius 1 is 1.30 bits per heavy atom. The van der Waals surface area contributed by atoms with Crippen molar-refractivity contribution < 1.29 is 19.5 Å². The van der Waals surface area contributed by atoms with Crippen LogP contribution < -0.4 is 5.32 Å². The van der Waals surface area contributed by atoms with E-state index in [-0.39, 0.29) is 29.7 Å². The average Bonchev–Trinajstić information content (AvgIpc) is 2.64. The van der Waals surface area contributed by atoms with Gasteiger partial charge in [0.25, 0.3) is 0 Å². The summed E-state index contributed by atoms with van der Waals surface area (Å²) in [6.45, 7) is 10.1. The molecule has 0 bridgehead atoms. The lowest BCUT2D eigenvalue weighted by Gasteiger charge is -2.47. The van der Waals surface area contributed by atoms with Crippen molar-refractivity contribution in [3.8, 4) is 0 Å². The molecule has 0 saturated carbocycles. The van der Waals surface area contributed by atoms with E-state index in [1.807, 2.05) is 39.8 Å². The number of likely N-dealkylation sites (tertiary alicyclic amines) is 1. The van der Waals surface area contributed by atoms with E-state index in [0.29, 0.717) is 30.8 Å². The Labute approximate surface area is 184 Å². The van der Waals surface area contributed by atoms with Crippen LogP contribution in [-0.4, -0.2) is 40.4 Å². The molecule has 0 spiro atoms. The van der Waals surface area contributed by atoms with Crippen LogP contribution in [0, 0.1) is 10.8 Å². The second-order valence-corrected chi connectivity index (χ2v) is 10.1. The third kappa shape index (κ3) is 5.75. The van der Waals surface area contributed by atoms with Crippen molar-refractivity contribution in [1.82, 2.24) is 10.2 Å². The number of hydrogen-bond donors (Lipinski definition) is 2. The first kappa shape index (κ1) is 24.2. The molecular weight excluding hydrogens is 404 g/mol. The van der Waals surface area contributed by atoms with Crippen molar-refractivity contribution in [3.05, 3.63) is 34.9 Å². The number of carbonyl (C=O) groups is 3. The third-order valence-corrected chi connectivity index (χ3v) is 5.92. The van der Waals surface area contributed by atoms with Crippen LogP contribution in [0.5, 0.6) is 0 Å². The van der Waals surface area contributed by atoms with Gasteiger partial charge in [-0.15, -0.1) is 0 Å². The molecule has 1 heterocycles. The van der Waals surface area contributed by atoms with E-state index < -0.39 is 17.4 Å². The zero-order chi connectivity index (χ0) is 22.7. The molecule has 0 radical (unpaired) electrons. The monoisotopic (exact) mass is 436 g/mol. The lowest BCUT2D eigenvalue weighted by atomic mass is 9.74. The second-order valence-electron chi connectivity index (χ2n) is 9.65. The van der Waals surface area contributed by atoms with E-state index >= 15 is 0 Å². The first-order chi connectivity index (χ1) is 13.9. The molecule has 1 fully saturated rings. The fourth-order valence-corrected chi connectivity index (χ4v) is 4.13. The molecule has 3 atom stereocenters. The van der Waals surface area contributed by atoms with Gasteiger partial charge in [0.05, 0.1) is 17.9 Å². The SMILES string of the molecule is CCC(C(=O)NCC(C)(C)C)N1C(=O)[C@@](C)(CC(=O)O)CCC1c1ccc(Cl)cc1. The van der Waals surface area contributed by atoms with Crippen LogP contribution in [0.25, 0.3) is 0 Å². The highest BCUT2D eigenvalue weighted by molar-refractivity contribution is 6.30. The zero-order valence-corrected chi connectivity index (χ0v) is 19.3. The van der Waals surface area contributed by atoms with Gasteiger partial charge >= 0.3 is 5.97 Å². The lowest BCUT2D eigenvalue weighted by Crippen LogP contribution is -2.58. The van der Waals surface area contributed by atoms with Gasteiger partial charge in [-0.05, 0) is 42.4 Å². The van der Waals surface area contributed by atoms with Crippen molar-refractivity contribution >= 4 is 29.4 Å². The summed E-state index contributed by atoms with van der Waals surface area (Å²) in [6, 6.07) is 6.30. The summed E-state index contributed by atoms with van der Waals surface area (Å²) in [5.74, 6) is -1.51. The normalized spacial score (nSPS) is 23.2. The smallest absolute Gasteiger partial charge is 0.304 e. The van der Waals surface area contributed by atoms with Crippen LogP contribution in [0.4, 0.5) is 0 Å². The summed E-state index contributed by atoms with van der Waals surface area (Å²) in [7, 11) is 0. The van der Waals surface area contributed by atoms with Gasteiger partial charge < -0.3 is 15.3 Å². The molecule has 0 aromatic heterocycles. The molecule has 1 aliphatic heterocycles. The van der Waals surface area contributed by atoms with Gasteiger partial charge in [-0.2, -0.15) is 0 Å². The summed E-state index contributed by atoms with van der Waals surface area (Å²) in [6.07, 6.45) is 1.22. The van der Waals surface area contributed by atoms with Crippen LogP contribution in [0.2, 0.25) is 5.02 Å². The molecule has 30 heavy (non-hydrogen) atoms. The topological polar surface area (TPSA) is 86.7 Å². The molecule has 2 rings (SSSR count). The van der Waals surface area contributed by atoms with Crippen LogP contribution in [-0.2, 0) is 14.4 Å². The molecule has 2 amide bonds. The Balaban J connectivity index is 2.42. The minimum Gasteiger partial charge on any atom is -0.481 e. The number of hydrogen-bond acceptors (Lipinski definition) is 3. The Morgan fingerprint density at radius 2 is 1.90 bits per heavy atom. The predicted octanol–water partition coefficient (Wildman–Crippen LogP) is 4.43. The number of nitrogens with zero attached hydrogens (tertiary/aromatic N) is 1. The molecule has 1 saturated heterocycles. The molecular formula is C23H33ClN2O4. The maximum Gasteiger partial charge on any atom is 0.304 e. The molecule has 2 N–H and O–H groups in total. The molecule has 166 valence electrons. The molecule has 1 aromatic rings. The average molecular weight is 437 g/mol. The first-order valence-corrected chi connectivity index (χ1v) is 10.8. The molecule has 0 aliphatic carbocycles. The summed E-state index contributed by atoms with van der Waals surface area (Å²) >= 11 is 6.03. The molecule has 6 nitrogen and oxygen atoms in total. The minimum absolute atomic E-state index is 0.0900. The standard InChI is InChI=1S/C23H33ClN2O4/c1-6-17(20(29)25-14-22(2,3)4)26-18(15-7-9-16(24)10-8-15)11-12-23(5,21(26)30)13-19(27)28/h7-10,17-18H,6,11-14H2,1-5H3,(H,25,29)(H,27,28)/t17?,18?,23-/m1/s1. The number of halogens is 1. The van der Waals surface area contributed by atoms with E-state index in [1.165, 1.54) is 0 Å². The number of amides is 2. The summed E-state index contributed by atoms with van der Waals surface area (Å²) < 4.78 is 0. The number of rotatable bonds is 7. The number of piperidine rings is 1. The van der Waals surface area contributed by atoms with E-state index in [1.54, 1.807) is 24.0 Å². The Bertz CT molecular complexity index is 787. The maximum atomic E-state index is 13.6. The highest BCUT2D eigenvalue weighted by atomic mass is 35.5. The van der Waals surface area contributed by atoms with Crippen LogP contribution >= 0.6 is 11.6 Å². The number of carbonyl (C=O) groups excluding carboxylic acids is 2. The largest absolute Gasteiger partial charge is 0.481 e. The number of carboxylic acids is 1. The van der Waals surface area contributed by atoms with Gasteiger partial charge in [-0.3, -0.25) is 14.4 Å². The second kappa shape index (κ2) is 9.38. The number of nitrogens with one attached hydrogen (secondary N) is 1. The van der Waals surface area contributed by atoms with Gasteiger partial charge in [0.1, 0.15) is 6.04 Å². The molecule has 2 unspecified atom stereocenters. The van der Waals surface area contributed by atoms with E-state index in [2.05, 4.69) is 5.32 Å². The molecule has 1 aromatic carbocycles. The van der Waals surface area contributed by atoms with E-state index in [4.69, 9.17) is 11.6 Å². The Kier molecular flexibility index (Phi) is 7.56. The minimum atomic E-state index is -1.04. The van der Waals surface area contributed by atoms with Crippen molar-refractivity contribution in [2.24, 2.45) is 10.8 Å². The van der Waals surface area contributed by atoms with E-state index in [9.17, 15) is 19.5 Å². The highest BCUT2D eigenvalue weighted by Gasteiger charge is 2.48. The Hall–Kier alpha value is -2.08. The predicted molar refractivity (Wildman–Crippen MR) is 117 cm³/mol. The highest BCUT2D eigenvalue weighted by Crippen LogP contribution is 2.44. The Morgan fingerprint density at radius 3 is 2.40 bits per heavy atom. The van der Waals surface area contributed by atoms with Crippen molar-refractivity contribution in [3.63, 3.8) is 0 Å². The van der Waals surface area contributed by atoms with Gasteiger partial charge in [-0.25, -0.2) is 0 Å². The van der Waals surface area contributed by atoms with Crippen molar-refractivity contribution in [2.45, 2.75) is 72.4 Å². The fraction of sp³-hybridized carbons (Fsp3) is 0.609. The maximum absolute atomic E-state index is 13.6. The number of benzene rings is 1. The quantitative estimate of drug-likeness (QED) is 0.662. The summed E-state index contributed by atoms with van der Waals surface area (Å²) in [4.78, 5) is 39.7. The molecule has 1 aliphatic rings. The molecule has 7 heteroatoms. The van der Waals surface area contributed by atoms with Crippen LogP contribution in [0.3, 0.4) is 0 Å². The number of carboxylic acid groups (broad SMARTS) is 1. The van der Waals surface area contributed by atoms with Crippen molar-refractivity contribution in [1.29, 1.82) is 0 Å². The van der Waals surface area contributed by atoms with Gasteiger partial charge in [-0.1, -0.05) is 58.4 Å².